The van der Waals surface area contributed by atoms with Crippen LogP contribution in [0.25, 0.3) is 0 Å². The largest absolute Gasteiger partial charge is 0.416 e. The van der Waals surface area contributed by atoms with Crippen molar-refractivity contribution in [2.45, 2.75) is 44.9 Å². The summed E-state index contributed by atoms with van der Waals surface area (Å²) in [7, 11) is 5.38. The molecule has 0 spiro atoms. The lowest BCUT2D eigenvalue weighted by Crippen LogP contribution is -2.38. The monoisotopic (exact) mass is 535 g/mol. The van der Waals surface area contributed by atoms with Crippen LogP contribution >= 0.6 is 0 Å². The van der Waals surface area contributed by atoms with Crippen LogP contribution in [0.3, 0.4) is 0 Å². The van der Waals surface area contributed by atoms with Crippen molar-refractivity contribution < 1.29 is 22.8 Å². The Balaban J connectivity index is 0.000000242. The zero-order valence-corrected chi connectivity index (χ0v) is 22.7. The number of rotatable bonds is 6. The third kappa shape index (κ3) is 9.74. The fourth-order valence-corrected chi connectivity index (χ4v) is 4.74. The third-order valence-electron chi connectivity index (χ3n) is 6.35. The van der Waals surface area contributed by atoms with Crippen molar-refractivity contribution in [1.29, 1.82) is 0 Å². The summed E-state index contributed by atoms with van der Waals surface area (Å²) in [5.74, 6) is 0.0472. The minimum atomic E-state index is -4.29. The molecule has 0 bridgehead atoms. The number of hydrogen-bond acceptors (Lipinski definition) is 6. The molecule has 2 aliphatic heterocycles. The van der Waals surface area contributed by atoms with Gasteiger partial charge in [-0.2, -0.15) is 13.2 Å². The van der Waals surface area contributed by atoms with E-state index in [-0.39, 0.29) is 12.5 Å². The minimum absolute atomic E-state index is 0.273. The Morgan fingerprint density at radius 3 is 2.29 bits per heavy atom. The summed E-state index contributed by atoms with van der Waals surface area (Å²) in [6, 6.07) is 9.92. The highest BCUT2D eigenvalue weighted by atomic mass is 19.4. The van der Waals surface area contributed by atoms with Crippen LogP contribution in [0, 0.1) is 0 Å². The van der Waals surface area contributed by atoms with Crippen LogP contribution in [0.5, 0.6) is 0 Å². The van der Waals surface area contributed by atoms with E-state index in [4.69, 9.17) is 5.73 Å². The molecule has 0 saturated carbocycles. The SMILES string of the molecule is CNC.CNc1cc(CN2CCCC2)cc(C(F)(F)F)c1.C[C@H]1CN(CC(N)=O)Cc2cc(C=O)ccc21. The molecule has 2 heterocycles. The highest BCUT2D eigenvalue weighted by Gasteiger charge is 2.31. The van der Waals surface area contributed by atoms with Gasteiger partial charge in [-0.05, 0) is 86.9 Å². The topological polar surface area (TPSA) is 90.7 Å². The molecule has 10 heteroatoms. The smallest absolute Gasteiger partial charge is 0.388 e. The molecule has 0 radical (unpaired) electrons. The van der Waals surface area contributed by atoms with Crippen molar-refractivity contribution >= 4 is 17.9 Å². The normalized spacial score (nSPS) is 17.4. The van der Waals surface area contributed by atoms with Gasteiger partial charge < -0.3 is 16.4 Å². The van der Waals surface area contributed by atoms with Gasteiger partial charge in [0.05, 0.1) is 12.1 Å². The highest BCUT2D eigenvalue weighted by molar-refractivity contribution is 5.76. The number of benzene rings is 2. The van der Waals surface area contributed by atoms with Crippen LogP contribution in [0.1, 0.15) is 58.3 Å². The van der Waals surface area contributed by atoms with Crippen LogP contribution in [0.15, 0.2) is 36.4 Å². The van der Waals surface area contributed by atoms with E-state index < -0.39 is 11.7 Å². The Hall–Kier alpha value is -2.95. The number of nitrogens with one attached hydrogen (secondary N) is 2. The first-order chi connectivity index (χ1) is 18.0. The molecule has 7 nitrogen and oxygen atoms in total. The molecule has 0 aliphatic carbocycles. The molecular formula is C28H40F3N5O2. The lowest BCUT2D eigenvalue weighted by Gasteiger charge is -2.32. The van der Waals surface area contributed by atoms with E-state index >= 15 is 0 Å². The second-order valence-corrected chi connectivity index (χ2v) is 9.76. The number of likely N-dealkylation sites (tertiary alicyclic amines) is 1. The lowest BCUT2D eigenvalue weighted by atomic mass is 9.90. The number of alkyl halides is 3. The zero-order chi connectivity index (χ0) is 28.3. The van der Waals surface area contributed by atoms with Gasteiger partial charge in [0, 0.05) is 37.9 Å². The fourth-order valence-electron chi connectivity index (χ4n) is 4.74. The number of primary amides is 1. The summed E-state index contributed by atoms with van der Waals surface area (Å²) in [4.78, 5) is 25.9. The number of amides is 1. The average Bonchev–Trinajstić information content (AvgIpc) is 3.36. The van der Waals surface area contributed by atoms with Crippen LogP contribution < -0.4 is 16.4 Å². The molecule has 4 rings (SSSR count). The summed E-state index contributed by atoms with van der Waals surface area (Å²) in [6.45, 7) is 6.46. The van der Waals surface area contributed by atoms with Gasteiger partial charge >= 0.3 is 6.18 Å². The molecule has 0 aromatic heterocycles. The summed E-state index contributed by atoms with van der Waals surface area (Å²) in [5, 5.41) is 5.54. The Kier molecular flexibility index (Phi) is 12.2. The number of carbonyl (C=O) groups is 2. The molecule has 1 saturated heterocycles. The van der Waals surface area contributed by atoms with Crippen molar-refractivity contribution in [2.75, 3.05) is 52.6 Å². The number of nitrogens with two attached hydrogens (primary N) is 1. The van der Waals surface area contributed by atoms with E-state index in [9.17, 15) is 22.8 Å². The van der Waals surface area contributed by atoms with Crippen LogP contribution in [-0.4, -0.2) is 69.3 Å². The zero-order valence-electron chi connectivity index (χ0n) is 22.7. The number of nitrogens with zero attached hydrogens (tertiary/aromatic N) is 2. The van der Waals surface area contributed by atoms with E-state index in [0.29, 0.717) is 30.3 Å². The first kappa shape index (κ1) is 31.3. The maximum atomic E-state index is 12.8. The van der Waals surface area contributed by atoms with E-state index in [1.165, 1.54) is 11.6 Å². The van der Waals surface area contributed by atoms with E-state index in [0.717, 1.165) is 56.0 Å². The molecule has 38 heavy (non-hydrogen) atoms. The minimum Gasteiger partial charge on any atom is -0.388 e. The number of aldehydes is 1. The molecule has 2 aromatic rings. The standard InChI is InChI=1S/C13H17F3N2.C13H16N2O2.C2H7N/c1-17-12-7-10(9-18-4-2-3-5-18)6-11(8-12)13(14,15)16;1-9-5-15(7-13(14)17)6-11-4-10(8-16)2-3-12(9)11;1-3-2/h6-8,17H,2-5,9H2,1H3;2-4,8-9H,5-7H2,1H3,(H2,14,17);3H,1-2H3/t;9-;/m.0./s1. The Bertz CT molecular complexity index is 1060. The Morgan fingerprint density at radius 1 is 1.08 bits per heavy atom. The van der Waals surface area contributed by atoms with Crippen molar-refractivity contribution in [3.05, 3.63) is 64.2 Å². The van der Waals surface area contributed by atoms with E-state index in [1.54, 1.807) is 13.1 Å². The summed E-state index contributed by atoms with van der Waals surface area (Å²) < 4.78 is 38.3. The van der Waals surface area contributed by atoms with Gasteiger partial charge in [0.1, 0.15) is 6.29 Å². The van der Waals surface area contributed by atoms with Crippen molar-refractivity contribution in [3.63, 3.8) is 0 Å². The van der Waals surface area contributed by atoms with Crippen LogP contribution in [0.2, 0.25) is 0 Å². The maximum absolute atomic E-state index is 12.8. The Labute approximate surface area is 223 Å². The van der Waals surface area contributed by atoms with Gasteiger partial charge in [-0.1, -0.05) is 19.1 Å². The Morgan fingerprint density at radius 2 is 1.74 bits per heavy atom. The molecule has 1 fully saturated rings. The summed E-state index contributed by atoms with van der Waals surface area (Å²) in [5.41, 5.74) is 8.92. The van der Waals surface area contributed by atoms with Crippen molar-refractivity contribution in [3.8, 4) is 0 Å². The lowest BCUT2D eigenvalue weighted by molar-refractivity contribution is -0.137. The van der Waals surface area contributed by atoms with Gasteiger partial charge in [-0.3, -0.25) is 19.4 Å². The predicted molar refractivity (Wildman–Crippen MR) is 145 cm³/mol. The van der Waals surface area contributed by atoms with Crippen LogP contribution in [-0.2, 0) is 24.1 Å². The molecule has 2 aromatic carbocycles. The number of halogens is 3. The van der Waals surface area contributed by atoms with Crippen LogP contribution in [0.4, 0.5) is 18.9 Å². The van der Waals surface area contributed by atoms with E-state index in [1.807, 2.05) is 37.2 Å². The second kappa shape index (κ2) is 14.8. The fraction of sp³-hybridized carbons (Fsp3) is 0.500. The van der Waals surface area contributed by atoms with Crippen molar-refractivity contribution in [1.82, 2.24) is 15.1 Å². The van der Waals surface area contributed by atoms with Gasteiger partial charge in [0.2, 0.25) is 5.91 Å². The quantitative estimate of drug-likeness (QED) is 0.483. The molecule has 4 N–H and O–H groups in total. The van der Waals surface area contributed by atoms with E-state index in [2.05, 4.69) is 22.5 Å². The van der Waals surface area contributed by atoms with Gasteiger partial charge in [0.25, 0.3) is 0 Å². The molecular weight excluding hydrogens is 495 g/mol. The molecule has 1 atom stereocenters. The molecule has 1 amide bonds. The highest BCUT2D eigenvalue weighted by Crippen LogP contribution is 2.32. The van der Waals surface area contributed by atoms with Gasteiger partial charge in [0.15, 0.2) is 0 Å². The molecule has 0 unspecified atom stereocenters. The summed E-state index contributed by atoms with van der Waals surface area (Å²) >= 11 is 0. The second-order valence-electron chi connectivity index (χ2n) is 9.76. The average molecular weight is 536 g/mol. The summed E-state index contributed by atoms with van der Waals surface area (Å²) in [6.07, 6.45) is -1.17. The molecule has 2 aliphatic rings. The first-order valence-corrected chi connectivity index (χ1v) is 12.8. The third-order valence-corrected chi connectivity index (χ3v) is 6.35. The first-order valence-electron chi connectivity index (χ1n) is 12.8. The van der Waals surface area contributed by atoms with Gasteiger partial charge in [-0.15, -0.1) is 0 Å². The predicted octanol–water partition coefficient (Wildman–Crippen LogP) is 4.08. The number of carbonyl (C=O) groups excluding carboxylic acids is 2. The van der Waals surface area contributed by atoms with Gasteiger partial charge in [-0.25, -0.2) is 0 Å². The van der Waals surface area contributed by atoms with Crippen molar-refractivity contribution in [2.24, 2.45) is 5.73 Å². The number of fused-ring (bicyclic) bond motifs is 1. The number of anilines is 1. The number of hydrogen-bond donors (Lipinski definition) is 3. The molecule has 210 valence electrons. The maximum Gasteiger partial charge on any atom is 0.416 e.